The summed E-state index contributed by atoms with van der Waals surface area (Å²) in [5.41, 5.74) is 1.97. The first kappa shape index (κ1) is 17.8. The van der Waals surface area contributed by atoms with E-state index in [9.17, 15) is 4.79 Å². The Bertz CT molecular complexity index is 684. The number of rotatable bonds is 5. The zero-order chi connectivity index (χ0) is 17.6. The van der Waals surface area contributed by atoms with Gasteiger partial charge >= 0.3 is 0 Å². The predicted molar refractivity (Wildman–Crippen MR) is 102 cm³/mol. The summed E-state index contributed by atoms with van der Waals surface area (Å²) < 4.78 is 5.77. The minimum Gasteiger partial charge on any atom is -0.372 e. The lowest BCUT2D eigenvalue weighted by Gasteiger charge is -2.36. The van der Waals surface area contributed by atoms with Crippen LogP contribution in [0.15, 0.2) is 53.7 Å². The SMILES string of the molecule is C[C@@H]1CN(c2ccc(NC(=O)CSc3ccccn3)cc2)C[C@H](C)O1. The molecule has 2 heterocycles. The van der Waals surface area contributed by atoms with Gasteiger partial charge in [0, 0.05) is 30.7 Å². The number of benzene rings is 1. The van der Waals surface area contributed by atoms with E-state index in [0.717, 1.165) is 29.5 Å². The number of carbonyl (C=O) groups is 1. The third kappa shape index (κ3) is 5.21. The van der Waals surface area contributed by atoms with E-state index in [2.05, 4.69) is 29.0 Å². The van der Waals surface area contributed by atoms with Gasteiger partial charge in [-0.3, -0.25) is 4.79 Å². The molecule has 1 aliphatic rings. The lowest BCUT2D eigenvalue weighted by atomic mass is 10.2. The molecule has 0 unspecified atom stereocenters. The van der Waals surface area contributed by atoms with Gasteiger partial charge in [0.1, 0.15) is 0 Å². The lowest BCUT2D eigenvalue weighted by Crippen LogP contribution is -2.45. The molecule has 25 heavy (non-hydrogen) atoms. The van der Waals surface area contributed by atoms with Gasteiger partial charge in [0.05, 0.1) is 23.0 Å². The largest absolute Gasteiger partial charge is 0.372 e. The monoisotopic (exact) mass is 357 g/mol. The Morgan fingerprint density at radius 3 is 2.56 bits per heavy atom. The fourth-order valence-corrected chi connectivity index (χ4v) is 3.57. The van der Waals surface area contributed by atoms with Crippen molar-refractivity contribution in [3.8, 4) is 0 Å². The molecular weight excluding hydrogens is 334 g/mol. The maximum atomic E-state index is 12.1. The van der Waals surface area contributed by atoms with Crippen molar-refractivity contribution in [2.75, 3.05) is 29.1 Å². The number of carbonyl (C=O) groups excluding carboxylic acids is 1. The number of ether oxygens (including phenoxy) is 1. The highest BCUT2D eigenvalue weighted by atomic mass is 32.2. The number of hydrogen-bond acceptors (Lipinski definition) is 5. The van der Waals surface area contributed by atoms with Crippen LogP contribution in [0.5, 0.6) is 0 Å². The highest BCUT2D eigenvalue weighted by molar-refractivity contribution is 7.99. The van der Waals surface area contributed by atoms with Gasteiger partial charge in [-0.1, -0.05) is 17.8 Å². The fraction of sp³-hybridized carbons (Fsp3) is 0.368. The molecule has 0 aliphatic carbocycles. The van der Waals surface area contributed by atoms with Crippen LogP contribution in [0.4, 0.5) is 11.4 Å². The van der Waals surface area contributed by atoms with Crippen LogP contribution >= 0.6 is 11.8 Å². The molecule has 1 saturated heterocycles. The number of amides is 1. The van der Waals surface area contributed by atoms with Crippen molar-refractivity contribution >= 4 is 29.0 Å². The zero-order valence-corrected chi connectivity index (χ0v) is 15.3. The molecule has 1 amide bonds. The van der Waals surface area contributed by atoms with Crippen molar-refractivity contribution in [3.05, 3.63) is 48.7 Å². The Kier molecular flexibility index (Phi) is 5.94. The van der Waals surface area contributed by atoms with Gasteiger partial charge in [0.15, 0.2) is 0 Å². The molecule has 0 spiro atoms. The predicted octanol–water partition coefficient (Wildman–Crippen LogP) is 3.43. The zero-order valence-electron chi connectivity index (χ0n) is 14.5. The third-order valence-corrected chi connectivity index (χ3v) is 4.87. The van der Waals surface area contributed by atoms with Gasteiger partial charge < -0.3 is 15.0 Å². The molecular formula is C19H23N3O2S. The number of morpholine rings is 1. The molecule has 1 N–H and O–H groups in total. The van der Waals surface area contributed by atoms with Crippen molar-refractivity contribution in [2.45, 2.75) is 31.1 Å². The maximum absolute atomic E-state index is 12.1. The minimum absolute atomic E-state index is 0.0305. The molecule has 1 aromatic heterocycles. The van der Waals surface area contributed by atoms with E-state index in [-0.39, 0.29) is 18.1 Å². The van der Waals surface area contributed by atoms with Crippen LogP contribution < -0.4 is 10.2 Å². The highest BCUT2D eigenvalue weighted by Crippen LogP contribution is 2.22. The normalized spacial score (nSPS) is 20.3. The van der Waals surface area contributed by atoms with Crippen molar-refractivity contribution in [1.29, 1.82) is 0 Å². The van der Waals surface area contributed by atoms with Crippen molar-refractivity contribution in [1.82, 2.24) is 4.98 Å². The molecule has 6 heteroatoms. The second-order valence-corrected chi connectivity index (χ2v) is 7.21. The molecule has 0 saturated carbocycles. The number of nitrogens with one attached hydrogen (secondary N) is 1. The molecule has 132 valence electrons. The first-order valence-electron chi connectivity index (χ1n) is 8.44. The summed E-state index contributed by atoms with van der Waals surface area (Å²) in [6.45, 7) is 5.96. The van der Waals surface area contributed by atoms with Crippen LogP contribution in [0, 0.1) is 0 Å². The van der Waals surface area contributed by atoms with Gasteiger partial charge in [-0.05, 0) is 50.2 Å². The quantitative estimate of drug-likeness (QED) is 0.831. The molecule has 2 aromatic rings. The van der Waals surface area contributed by atoms with E-state index < -0.39 is 0 Å². The Morgan fingerprint density at radius 2 is 1.92 bits per heavy atom. The molecule has 3 rings (SSSR count). The van der Waals surface area contributed by atoms with Gasteiger partial charge in [-0.25, -0.2) is 4.98 Å². The van der Waals surface area contributed by atoms with Crippen LogP contribution in [0.1, 0.15) is 13.8 Å². The second-order valence-electron chi connectivity index (χ2n) is 6.21. The van der Waals surface area contributed by atoms with Crippen LogP contribution in [0.2, 0.25) is 0 Å². The lowest BCUT2D eigenvalue weighted by molar-refractivity contribution is -0.113. The molecule has 1 fully saturated rings. The smallest absolute Gasteiger partial charge is 0.234 e. The van der Waals surface area contributed by atoms with E-state index >= 15 is 0 Å². The molecule has 0 bridgehead atoms. The van der Waals surface area contributed by atoms with Crippen molar-refractivity contribution < 1.29 is 9.53 Å². The highest BCUT2D eigenvalue weighted by Gasteiger charge is 2.22. The number of anilines is 2. The molecule has 2 atom stereocenters. The van der Waals surface area contributed by atoms with E-state index in [1.165, 1.54) is 11.8 Å². The van der Waals surface area contributed by atoms with E-state index in [1.807, 2.05) is 42.5 Å². The number of nitrogens with zero attached hydrogens (tertiary/aromatic N) is 2. The maximum Gasteiger partial charge on any atom is 0.234 e. The summed E-state index contributed by atoms with van der Waals surface area (Å²) >= 11 is 1.43. The first-order chi connectivity index (χ1) is 12.1. The Morgan fingerprint density at radius 1 is 1.20 bits per heavy atom. The summed E-state index contributed by atoms with van der Waals surface area (Å²) in [4.78, 5) is 18.6. The van der Waals surface area contributed by atoms with Crippen LogP contribution in [-0.4, -0.2) is 41.9 Å². The Labute approximate surface area is 152 Å². The summed E-state index contributed by atoms with van der Waals surface area (Å²) in [5, 5.41) is 3.78. The first-order valence-corrected chi connectivity index (χ1v) is 9.43. The van der Waals surface area contributed by atoms with Crippen LogP contribution in [0.25, 0.3) is 0 Å². The van der Waals surface area contributed by atoms with Crippen molar-refractivity contribution in [3.63, 3.8) is 0 Å². The molecule has 1 aromatic carbocycles. The number of thioether (sulfide) groups is 1. The summed E-state index contributed by atoms with van der Waals surface area (Å²) in [6.07, 6.45) is 2.19. The van der Waals surface area contributed by atoms with Crippen molar-refractivity contribution in [2.24, 2.45) is 0 Å². The Balaban J connectivity index is 1.52. The fourth-order valence-electron chi connectivity index (χ4n) is 2.91. The molecule has 0 radical (unpaired) electrons. The van der Waals surface area contributed by atoms with E-state index in [4.69, 9.17) is 4.74 Å². The van der Waals surface area contributed by atoms with Gasteiger partial charge in [0.2, 0.25) is 5.91 Å². The summed E-state index contributed by atoms with van der Waals surface area (Å²) in [6, 6.07) is 13.7. The van der Waals surface area contributed by atoms with Gasteiger partial charge in [0.25, 0.3) is 0 Å². The number of pyridine rings is 1. The summed E-state index contributed by atoms with van der Waals surface area (Å²) in [5.74, 6) is 0.314. The molecule has 1 aliphatic heterocycles. The second kappa shape index (κ2) is 8.36. The van der Waals surface area contributed by atoms with Crippen LogP contribution in [0.3, 0.4) is 0 Å². The third-order valence-electron chi connectivity index (χ3n) is 3.92. The average molecular weight is 357 g/mol. The van der Waals surface area contributed by atoms with Crippen LogP contribution in [-0.2, 0) is 9.53 Å². The van der Waals surface area contributed by atoms with Gasteiger partial charge in [-0.2, -0.15) is 0 Å². The topological polar surface area (TPSA) is 54.5 Å². The summed E-state index contributed by atoms with van der Waals surface area (Å²) in [7, 11) is 0. The Hall–Kier alpha value is -2.05. The van der Waals surface area contributed by atoms with Gasteiger partial charge in [-0.15, -0.1) is 0 Å². The number of hydrogen-bond donors (Lipinski definition) is 1. The standard InChI is InChI=1S/C19H23N3O2S/c1-14-11-22(12-15(2)24-14)17-8-6-16(7-9-17)21-18(23)13-25-19-5-3-4-10-20-19/h3-10,14-15H,11-13H2,1-2H3,(H,21,23)/t14-,15+. The average Bonchev–Trinajstić information content (AvgIpc) is 2.61. The number of aromatic nitrogens is 1. The van der Waals surface area contributed by atoms with E-state index in [0.29, 0.717) is 5.75 Å². The van der Waals surface area contributed by atoms with E-state index in [1.54, 1.807) is 6.20 Å². The molecule has 5 nitrogen and oxygen atoms in total. The minimum atomic E-state index is -0.0305.